The number of aliphatic hydroxyl groups excluding tert-OH is 1. The highest BCUT2D eigenvalue weighted by Gasteiger charge is 2.47. The molecule has 6 nitrogen and oxygen atoms in total. The first-order valence-electron chi connectivity index (χ1n) is 7.47. The van der Waals surface area contributed by atoms with E-state index < -0.39 is 0 Å². The van der Waals surface area contributed by atoms with E-state index in [1.54, 1.807) is 4.90 Å². The minimum Gasteiger partial charge on any atom is -0.393 e. The first-order chi connectivity index (χ1) is 10.1. The van der Waals surface area contributed by atoms with Crippen molar-refractivity contribution in [2.24, 2.45) is 5.92 Å². The van der Waals surface area contributed by atoms with Crippen molar-refractivity contribution >= 4 is 11.8 Å². The Morgan fingerprint density at radius 1 is 1.29 bits per heavy atom. The molecule has 4 rings (SSSR count). The minimum absolute atomic E-state index is 0.0228. The number of likely N-dealkylation sites (N-methyl/N-ethyl adjacent to an activating group) is 1. The Kier molecular flexibility index (Phi) is 2.66. The molecule has 1 aromatic rings. The maximum Gasteiger partial charge on any atom is 0.270 e. The molecule has 1 N–H and O–H groups in total. The highest BCUT2D eigenvalue weighted by Crippen LogP contribution is 2.36. The van der Waals surface area contributed by atoms with Crippen molar-refractivity contribution in [1.82, 2.24) is 14.4 Å². The monoisotopic (exact) mass is 289 g/mol. The molecule has 21 heavy (non-hydrogen) atoms. The Bertz CT molecular complexity index is 605. The van der Waals surface area contributed by atoms with E-state index in [0.717, 1.165) is 0 Å². The minimum atomic E-state index is -0.316. The quantitative estimate of drug-likeness (QED) is 0.797. The molecule has 2 atom stereocenters. The lowest BCUT2D eigenvalue weighted by Gasteiger charge is -2.35. The number of aliphatic hydroxyl groups is 1. The van der Waals surface area contributed by atoms with Gasteiger partial charge in [-0.05, 0) is 25.0 Å². The summed E-state index contributed by atoms with van der Waals surface area (Å²) in [6.07, 6.45) is 2.77. The van der Waals surface area contributed by atoms with Gasteiger partial charge in [0.1, 0.15) is 5.69 Å². The van der Waals surface area contributed by atoms with Gasteiger partial charge < -0.3 is 19.5 Å². The van der Waals surface area contributed by atoms with E-state index in [4.69, 9.17) is 0 Å². The van der Waals surface area contributed by atoms with Crippen molar-refractivity contribution < 1.29 is 14.7 Å². The summed E-state index contributed by atoms with van der Waals surface area (Å²) in [6, 6.07) is 3.91. The Hall–Kier alpha value is -1.82. The van der Waals surface area contributed by atoms with Crippen molar-refractivity contribution in [3.8, 4) is 0 Å². The molecule has 112 valence electrons. The molecule has 3 heterocycles. The number of amides is 2. The van der Waals surface area contributed by atoms with Gasteiger partial charge in [-0.15, -0.1) is 0 Å². The molecule has 1 saturated heterocycles. The molecule has 2 fully saturated rings. The van der Waals surface area contributed by atoms with Gasteiger partial charge in [0.15, 0.2) is 0 Å². The van der Waals surface area contributed by atoms with Gasteiger partial charge in [0.2, 0.25) is 5.91 Å². The molecule has 0 aromatic carbocycles. The van der Waals surface area contributed by atoms with E-state index in [9.17, 15) is 14.7 Å². The summed E-state index contributed by atoms with van der Waals surface area (Å²) in [5, 5.41) is 9.37. The number of aromatic nitrogens is 1. The highest BCUT2D eigenvalue weighted by molar-refractivity contribution is 5.94. The summed E-state index contributed by atoms with van der Waals surface area (Å²) in [5.41, 5.74) is 0.701. The Morgan fingerprint density at radius 2 is 2.00 bits per heavy atom. The lowest BCUT2D eigenvalue weighted by atomic mass is 9.81. The molecule has 1 saturated carbocycles. The van der Waals surface area contributed by atoms with E-state index >= 15 is 0 Å². The van der Waals surface area contributed by atoms with Gasteiger partial charge in [0.25, 0.3) is 5.91 Å². The number of carbonyl (C=O) groups is 2. The molecular weight excluding hydrogens is 270 g/mol. The number of carbonyl (C=O) groups excluding carboxylic acids is 2. The molecule has 1 aliphatic carbocycles. The van der Waals surface area contributed by atoms with Crippen LogP contribution in [0.5, 0.6) is 0 Å². The van der Waals surface area contributed by atoms with Gasteiger partial charge in [-0.2, -0.15) is 0 Å². The van der Waals surface area contributed by atoms with Crippen molar-refractivity contribution in [3.63, 3.8) is 0 Å². The summed E-state index contributed by atoms with van der Waals surface area (Å²) in [7, 11) is 1.82. The lowest BCUT2D eigenvalue weighted by molar-refractivity contribution is -0.141. The van der Waals surface area contributed by atoms with Crippen LogP contribution in [0.4, 0.5) is 0 Å². The number of hydrogen-bond acceptors (Lipinski definition) is 3. The number of nitrogens with zero attached hydrogens (tertiary/aromatic N) is 3. The zero-order valence-corrected chi connectivity index (χ0v) is 12.0. The molecule has 1 aromatic heterocycles. The van der Waals surface area contributed by atoms with Crippen LogP contribution in [0.25, 0.3) is 0 Å². The summed E-state index contributed by atoms with van der Waals surface area (Å²) < 4.78 is 2.01. The second-order valence-corrected chi connectivity index (χ2v) is 6.42. The van der Waals surface area contributed by atoms with Gasteiger partial charge in [0.05, 0.1) is 18.2 Å². The smallest absolute Gasteiger partial charge is 0.270 e. The fourth-order valence-corrected chi connectivity index (χ4v) is 3.85. The van der Waals surface area contributed by atoms with Gasteiger partial charge in [-0.1, -0.05) is 0 Å². The van der Waals surface area contributed by atoms with Crippen LogP contribution < -0.4 is 0 Å². The summed E-state index contributed by atoms with van der Waals surface area (Å²) in [6.45, 7) is 1.24. The topological polar surface area (TPSA) is 65.8 Å². The van der Waals surface area contributed by atoms with Crippen LogP contribution in [0, 0.1) is 5.92 Å². The van der Waals surface area contributed by atoms with E-state index in [-0.39, 0.29) is 35.9 Å². The molecule has 2 amide bonds. The van der Waals surface area contributed by atoms with Crippen LogP contribution in [0.1, 0.15) is 29.4 Å². The third-order valence-electron chi connectivity index (χ3n) is 5.21. The molecule has 2 aliphatic heterocycles. The van der Waals surface area contributed by atoms with Gasteiger partial charge in [-0.25, -0.2) is 0 Å². The molecule has 0 spiro atoms. The van der Waals surface area contributed by atoms with Crippen LogP contribution in [-0.2, 0) is 4.79 Å². The van der Waals surface area contributed by atoms with Crippen LogP contribution in [0.15, 0.2) is 18.3 Å². The van der Waals surface area contributed by atoms with E-state index in [1.165, 1.54) is 0 Å². The summed E-state index contributed by atoms with van der Waals surface area (Å²) >= 11 is 0. The van der Waals surface area contributed by atoms with Crippen LogP contribution in [0.3, 0.4) is 0 Å². The van der Waals surface area contributed by atoms with Gasteiger partial charge >= 0.3 is 0 Å². The predicted molar refractivity (Wildman–Crippen MR) is 74.7 cm³/mol. The van der Waals surface area contributed by atoms with Crippen molar-refractivity contribution in [2.75, 3.05) is 20.1 Å². The Morgan fingerprint density at radius 3 is 2.71 bits per heavy atom. The summed E-state index contributed by atoms with van der Waals surface area (Å²) in [4.78, 5) is 28.4. The van der Waals surface area contributed by atoms with E-state index in [1.807, 2.05) is 34.8 Å². The predicted octanol–water partition coefficient (Wildman–Crippen LogP) is 0.0965. The average molecular weight is 289 g/mol. The second-order valence-electron chi connectivity index (χ2n) is 6.42. The Balaban J connectivity index is 1.58. The highest BCUT2D eigenvalue weighted by atomic mass is 16.3. The molecule has 0 unspecified atom stereocenters. The molecular formula is C15H19N3O3. The third-order valence-corrected chi connectivity index (χ3v) is 5.21. The SMILES string of the molecule is CN1C(=O)c2cccn2[C@H]2CN(C(=O)C3CC(O)C3)C[C@@H]21. The summed E-state index contributed by atoms with van der Waals surface area (Å²) in [5.74, 6) is 0.115. The van der Waals surface area contributed by atoms with Crippen LogP contribution >= 0.6 is 0 Å². The van der Waals surface area contributed by atoms with E-state index in [2.05, 4.69) is 0 Å². The van der Waals surface area contributed by atoms with E-state index in [0.29, 0.717) is 31.6 Å². The maximum absolute atomic E-state index is 12.5. The van der Waals surface area contributed by atoms with Crippen molar-refractivity contribution in [1.29, 1.82) is 0 Å². The fourth-order valence-electron chi connectivity index (χ4n) is 3.85. The molecule has 6 heteroatoms. The van der Waals surface area contributed by atoms with Gasteiger partial charge in [-0.3, -0.25) is 9.59 Å². The number of likely N-dealkylation sites (tertiary alicyclic amines) is 1. The second kappa shape index (κ2) is 4.34. The largest absolute Gasteiger partial charge is 0.393 e. The van der Waals surface area contributed by atoms with Crippen LogP contribution in [0.2, 0.25) is 0 Å². The number of fused-ring (bicyclic) bond motifs is 3. The average Bonchev–Trinajstić information content (AvgIpc) is 3.06. The van der Waals surface area contributed by atoms with Crippen molar-refractivity contribution in [2.45, 2.75) is 31.0 Å². The normalized spacial score (nSPS) is 34.5. The zero-order valence-electron chi connectivity index (χ0n) is 12.0. The number of rotatable bonds is 1. The van der Waals surface area contributed by atoms with Crippen LogP contribution in [-0.4, -0.2) is 63.6 Å². The Labute approximate surface area is 122 Å². The maximum atomic E-state index is 12.5. The first kappa shape index (κ1) is 12.9. The molecule has 0 bridgehead atoms. The zero-order chi connectivity index (χ0) is 14.7. The fraction of sp³-hybridized carbons (Fsp3) is 0.600. The molecule has 0 radical (unpaired) electrons. The van der Waals surface area contributed by atoms with Gasteiger partial charge in [0, 0.05) is 32.3 Å². The first-order valence-corrected chi connectivity index (χ1v) is 7.47. The number of hydrogen-bond donors (Lipinski definition) is 1. The third kappa shape index (κ3) is 1.75. The molecule has 3 aliphatic rings. The lowest BCUT2D eigenvalue weighted by Crippen LogP contribution is -2.48. The van der Waals surface area contributed by atoms with Crippen molar-refractivity contribution in [3.05, 3.63) is 24.0 Å². The standard InChI is InChI=1S/C15H19N3O3/c1-16-12-7-17(14(20)9-5-10(19)6-9)8-13(12)18-4-2-3-11(18)15(16)21/h2-4,9-10,12-13,19H,5-8H2,1H3/t9?,10?,12-,13-/m0/s1.